The van der Waals surface area contributed by atoms with Crippen LogP contribution in [0.25, 0.3) is 16.7 Å². The number of carbonyl (C=O) groups excluding carboxylic acids is 1. The number of hydrogen-bond donors (Lipinski definition) is 1. The summed E-state index contributed by atoms with van der Waals surface area (Å²) in [6.07, 6.45) is 6.00. The number of carbonyl (C=O) groups is 1. The molecule has 1 amide bonds. The molecule has 1 aliphatic heterocycles. The van der Waals surface area contributed by atoms with Gasteiger partial charge >= 0.3 is 5.69 Å². The van der Waals surface area contributed by atoms with E-state index in [-0.39, 0.29) is 17.6 Å². The predicted octanol–water partition coefficient (Wildman–Crippen LogP) is 3.53. The lowest BCUT2D eigenvalue weighted by Gasteiger charge is -2.32. The van der Waals surface area contributed by atoms with Crippen LogP contribution in [0.1, 0.15) is 24.4 Å². The van der Waals surface area contributed by atoms with E-state index in [2.05, 4.69) is 4.98 Å². The molecule has 0 bridgehead atoms. The van der Waals surface area contributed by atoms with Crippen molar-refractivity contribution >= 4 is 16.9 Å². The van der Waals surface area contributed by atoms with Crippen molar-refractivity contribution in [3.05, 3.63) is 89.1 Å². The number of amides is 1. The molecule has 1 aliphatic rings. The van der Waals surface area contributed by atoms with E-state index in [0.29, 0.717) is 19.5 Å². The first kappa shape index (κ1) is 18.5. The zero-order valence-electron chi connectivity index (χ0n) is 16.7. The molecule has 0 atom stereocenters. The number of para-hydroxylation sites is 2. The van der Waals surface area contributed by atoms with Crippen LogP contribution in [0.15, 0.2) is 77.9 Å². The largest absolute Gasteiger partial charge is 0.342 e. The van der Waals surface area contributed by atoms with Crippen LogP contribution in [-0.4, -0.2) is 38.0 Å². The highest BCUT2D eigenvalue weighted by molar-refractivity contribution is 5.79. The molecule has 1 N–H and O–H groups in total. The minimum atomic E-state index is -0.0660. The number of nitrogens with one attached hydrogen (secondary N) is 1. The van der Waals surface area contributed by atoms with Gasteiger partial charge in [0.25, 0.3) is 0 Å². The van der Waals surface area contributed by atoms with Gasteiger partial charge in [0.15, 0.2) is 0 Å². The summed E-state index contributed by atoms with van der Waals surface area (Å²) in [4.78, 5) is 30.1. The first-order valence-electron chi connectivity index (χ1n) is 10.4. The molecular weight excluding hydrogens is 376 g/mol. The van der Waals surface area contributed by atoms with Crippen LogP contribution < -0.4 is 5.69 Å². The van der Waals surface area contributed by atoms with E-state index < -0.39 is 0 Å². The van der Waals surface area contributed by atoms with Gasteiger partial charge in [-0.15, -0.1) is 0 Å². The summed E-state index contributed by atoms with van der Waals surface area (Å²) in [5, 5.41) is 0. The van der Waals surface area contributed by atoms with Crippen LogP contribution in [0.5, 0.6) is 0 Å². The molecule has 0 radical (unpaired) electrons. The van der Waals surface area contributed by atoms with E-state index in [9.17, 15) is 9.59 Å². The summed E-state index contributed by atoms with van der Waals surface area (Å²) < 4.78 is 3.90. The molecule has 6 nitrogen and oxygen atoms in total. The van der Waals surface area contributed by atoms with Crippen LogP contribution in [0.2, 0.25) is 0 Å². The fraction of sp³-hybridized carbons (Fsp3) is 0.250. The number of imidazole rings is 1. The van der Waals surface area contributed by atoms with Gasteiger partial charge in [0.2, 0.25) is 5.91 Å². The highest BCUT2D eigenvalue weighted by Gasteiger charge is 2.26. The Labute approximate surface area is 174 Å². The zero-order chi connectivity index (χ0) is 20.5. The topological polar surface area (TPSA) is 63.0 Å². The lowest BCUT2D eigenvalue weighted by Crippen LogP contribution is -2.41. The minimum absolute atomic E-state index is 0.0660. The van der Waals surface area contributed by atoms with Crippen molar-refractivity contribution in [3.8, 4) is 5.69 Å². The number of likely N-dealkylation sites (tertiary alicyclic amines) is 1. The van der Waals surface area contributed by atoms with E-state index in [1.165, 1.54) is 0 Å². The molecule has 0 saturated carbocycles. The summed E-state index contributed by atoms with van der Waals surface area (Å²) in [6, 6.07) is 20.0. The third kappa shape index (κ3) is 3.45. The van der Waals surface area contributed by atoms with E-state index in [1.54, 1.807) is 0 Å². The minimum Gasteiger partial charge on any atom is -0.342 e. The second-order valence-corrected chi connectivity index (χ2v) is 7.86. The first-order valence-corrected chi connectivity index (χ1v) is 10.4. The summed E-state index contributed by atoms with van der Waals surface area (Å²) in [5.41, 5.74) is 3.84. The molecule has 152 valence electrons. The highest BCUT2D eigenvalue weighted by atomic mass is 16.2. The van der Waals surface area contributed by atoms with Crippen molar-refractivity contribution in [2.75, 3.05) is 13.1 Å². The van der Waals surface area contributed by atoms with Gasteiger partial charge in [-0.05, 0) is 54.8 Å². The van der Waals surface area contributed by atoms with Crippen LogP contribution in [0.3, 0.4) is 0 Å². The van der Waals surface area contributed by atoms with Gasteiger partial charge in [0, 0.05) is 37.2 Å². The Morgan fingerprint density at radius 1 is 0.933 bits per heavy atom. The zero-order valence-corrected chi connectivity index (χ0v) is 16.7. The second-order valence-electron chi connectivity index (χ2n) is 7.86. The van der Waals surface area contributed by atoms with E-state index in [0.717, 1.165) is 35.1 Å². The van der Waals surface area contributed by atoms with Crippen molar-refractivity contribution in [2.24, 2.45) is 0 Å². The molecule has 5 rings (SSSR count). The highest BCUT2D eigenvalue weighted by Crippen LogP contribution is 2.25. The quantitative estimate of drug-likeness (QED) is 0.570. The molecule has 6 heteroatoms. The second kappa shape index (κ2) is 7.71. The number of H-pyrrole nitrogens is 1. The molecule has 0 aliphatic carbocycles. The average Bonchev–Trinajstić information content (AvgIpc) is 3.42. The van der Waals surface area contributed by atoms with E-state index >= 15 is 0 Å². The molecule has 4 aromatic rings. The number of aromatic amines is 1. The van der Waals surface area contributed by atoms with Crippen LogP contribution in [0.4, 0.5) is 0 Å². The summed E-state index contributed by atoms with van der Waals surface area (Å²) in [6.45, 7) is 1.35. The smallest absolute Gasteiger partial charge is 0.326 e. The van der Waals surface area contributed by atoms with Crippen molar-refractivity contribution < 1.29 is 4.79 Å². The number of piperidine rings is 1. The van der Waals surface area contributed by atoms with Crippen molar-refractivity contribution in [3.63, 3.8) is 0 Å². The summed E-state index contributed by atoms with van der Waals surface area (Å²) >= 11 is 0. The number of benzene rings is 2. The molecule has 1 saturated heterocycles. The van der Waals surface area contributed by atoms with Gasteiger partial charge < -0.3 is 14.5 Å². The maximum Gasteiger partial charge on any atom is 0.326 e. The number of aromatic nitrogens is 3. The number of fused-ring (bicyclic) bond motifs is 1. The Bertz CT molecular complexity index is 1210. The van der Waals surface area contributed by atoms with Crippen molar-refractivity contribution in [1.82, 2.24) is 19.0 Å². The fourth-order valence-electron chi connectivity index (χ4n) is 4.39. The molecule has 3 heterocycles. The lowest BCUT2D eigenvalue weighted by atomic mass is 10.0. The molecular formula is C24H24N4O2. The Morgan fingerprint density at radius 2 is 1.63 bits per heavy atom. The first-order chi connectivity index (χ1) is 14.7. The molecule has 1 fully saturated rings. The van der Waals surface area contributed by atoms with Gasteiger partial charge in [0.1, 0.15) is 0 Å². The van der Waals surface area contributed by atoms with E-state index in [4.69, 9.17) is 0 Å². The average molecular weight is 400 g/mol. The van der Waals surface area contributed by atoms with Crippen molar-refractivity contribution in [1.29, 1.82) is 0 Å². The monoisotopic (exact) mass is 400 g/mol. The Balaban J connectivity index is 1.23. The molecule has 0 spiro atoms. The Hall–Kier alpha value is -3.54. The Morgan fingerprint density at radius 3 is 2.37 bits per heavy atom. The maximum atomic E-state index is 12.8. The number of nitrogens with zero attached hydrogens (tertiary/aromatic N) is 3. The normalized spacial score (nSPS) is 15.0. The van der Waals surface area contributed by atoms with Gasteiger partial charge in [-0.2, -0.15) is 0 Å². The van der Waals surface area contributed by atoms with E-state index in [1.807, 2.05) is 87.1 Å². The van der Waals surface area contributed by atoms with Crippen LogP contribution in [-0.2, 0) is 11.2 Å². The molecule has 2 aromatic carbocycles. The third-order valence-electron chi connectivity index (χ3n) is 6.00. The van der Waals surface area contributed by atoms with Crippen molar-refractivity contribution in [2.45, 2.75) is 25.3 Å². The lowest BCUT2D eigenvalue weighted by molar-refractivity contribution is -0.131. The van der Waals surface area contributed by atoms with Gasteiger partial charge in [-0.1, -0.05) is 24.3 Å². The molecule has 2 aromatic heterocycles. The van der Waals surface area contributed by atoms with Crippen LogP contribution in [0, 0.1) is 0 Å². The molecule has 0 unspecified atom stereocenters. The van der Waals surface area contributed by atoms with Gasteiger partial charge in [-0.25, -0.2) is 4.79 Å². The Kier molecular flexibility index (Phi) is 4.75. The number of rotatable bonds is 4. The van der Waals surface area contributed by atoms with Crippen LogP contribution >= 0.6 is 0 Å². The standard InChI is InChI=1S/C24H24N4O2/c29-23(17-18-7-9-19(10-8-18)26-13-3-4-14-26)27-15-11-20(12-16-27)28-22-6-2-1-5-21(22)25-24(28)30/h1-10,13-14,20H,11-12,15-17H2,(H,25,30). The predicted molar refractivity (Wildman–Crippen MR) is 117 cm³/mol. The summed E-state index contributed by atoms with van der Waals surface area (Å²) in [5.74, 6) is 0.147. The fourth-order valence-corrected chi connectivity index (χ4v) is 4.39. The maximum absolute atomic E-state index is 12.8. The SMILES string of the molecule is O=C(Cc1ccc(-n2cccc2)cc1)N1CCC(n2c(=O)[nH]c3ccccc32)CC1. The summed E-state index contributed by atoms with van der Waals surface area (Å²) in [7, 11) is 0. The number of hydrogen-bond acceptors (Lipinski definition) is 2. The van der Waals surface area contributed by atoms with Gasteiger partial charge in [-0.3, -0.25) is 9.36 Å². The third-order valence-corrected chi connectivity index (χ3v) is 6.00. The molecule has 30 heavy (non-hydrogen) atoms. The van der Waals surface area contributed by atoms with Gasteiger partial charge in [0.05, 0.1) is 17.5 Å².